The quantitative estimate of drug-likeness (QED) is 0.702. The van der Waals surface area contributed by atoms with Gasteiger partial charge in [-0.3, -0.25) is 4.79 Å². The van der Waals surface area contributed by atoms with Gasteiger partial charge >= 0.3 is 0 Å². The SMILES string of the molecule is CCC(O)CCNC(=O)c1ccccc1N.Cl. The van der Waals surface area contributed by atoms with Crippen LogP contribution in [0.15, 0.2) is 24.3 Å². The minimum atomic E-state index is -0.353. The molecule has 1 aromatic rings. The van der Waals surface area contributed by atoms with Crippen LogP contribution in [-0.4, -0.2) is 23.7 Å². The summed E-state index contributed by atoms with van der Waals surface area (Å²) in [7, 11) is 0. The van der Waals surface area contributed by atoms with E-state index in [9.17, 15) is 9.90 Å². The molecule has 4 nitrogen and oxygen atoms in total. The van der Waals surface area contributed by atoms with Crippen molar-refractivity contribution in [1.82, 2.24) is 5.32 Å². The maximum Gasteiger partial charge on any atom is 0.253 e. The summed E-state index contributed by atoms with van der Waals surface area (Å²) in [5, 5.41) is 12.0. The predicted octanol–water partition coefficient (Wildman–Crippen LogP) is 1.58. The summed E-state index contributed by atoms with van der Waals surface area (Å²) in [5.41, 5.74) is 6.62. The summed E-state index contributed by atoms with van der Waals surface area (Å²) in [6.45, 7) is 2.36. The third-order valence-corrected chi connectivity index (χ3v) is 2.44. The first-order valence-corrected chi connectivity index (χ1v) is 5.46. The van der Waals surface area contributed by atoms with Gasteiger partial charge in [0.25, 0.3) is 5.91 Å². The van der Waals surface area contributed by atoms with E-state index in [4.69, 9.17) is 5.73 Å². The first-order chi connectivity index (χ1) is 7.65. The van der Waals surface area contributed by atoms with Crippen LogP contribution in [0.2, 0.25) is 0 Å². The summed E-state index contributed by atoms with van der Waals surface area (Å²) in [4.78, 5) is 11.7. The Morgan fingerprint density at radius 3 is 2.71 bits per heavy atom. The molecule has 0 heterocycles. The molecule has 0 saturated carbocycles. The van der Waals surface area contributed by atoms with E-state index in [0.717, 1.165) is 0 Å². The second-order valence-corrected chi connectivity index (χ2v) is 3.69. The maximum absolute atomic E-state index is 11.7. The van der Waals surface area contributed by atoms with Gasteiger partial charge in [0.05, 0.1) is 11.7 Å². The second kappa shape index (κ2) is 7.92. The van der Waals surface area contributed by atoms with Gasteiger partial charge in [0.15, 0.2) is 0 Å². The first kappa shape index (κ1) is 15.7. The van der Waals surface area contributed by atoms with E-state index in [0.29, 0.717) is 30.6 Å². The number of hydrogen-bond acceptors (Lipinski definition) is 3. The number of nitrogens with two attached hydrogens (primary N) is 1. The van der Waals surface area contributed by atoms with Crippen LogP contribution in [0.5, 0.6) is 0 Å². The van der Waals surface area contributed by atoms with Crippen molar-refractivity contribution in [2.45, 2.75) is 25.9 Å². The molecule has 1 aromatic carbocycles. The molecule has 0 aromatic heterocycles. The van der Waals surface area contributed by atoms with Gasteiger partial charge in [-0.2, -0.15) is 0 Å². The minimum absolute atomic E-state index is 0. The molecular weight excluding hydrogens is 240 g/mol. The maximum atomic E-state index is 11.7. The molecule has 1 atom stereocenters. The van der Waals surface area contributed by atoms with Crippen LogP contribution in [0.4, 0.5) is 5.69 Å². The average Bonchev–Trinajstić information content (AvgIpc) is 2.29. The lowest BCUT2D eigenvalue weighted by Crippen LogP contribution is -2.27. The molecule has 0 radical (unpaired) electrons. The summed E-state index contributed by atoms with van der Waals surface area (Å²) >= 11 is 0. The van der Waals surface area contributed by atoms with Crippen molar-refractivity contribution in [3.63, 3.8) is 0 Å². The highest BCUT2D eigenvalue weighted by Gasteiger charge is 2.08. The predicted molar refractivity (Wildman–Crippen MR) is 71.4 cm³/mol. The van der Waals surface area contributed by atoms with Gasteiger partial charge in [-0.15, -0.1) is 12.4 Å². The molecule has 0 bridgehead atoms. The van der Waals surface area contributed by atoms with Crippen molar-refractivity contribution in [3.05, 3.63) is 29.8 Å². The van der Waals surface area contributed by atoms with Crippen molar-refractivity contribution in [3.8, 4) is 0 Å². The summed E-state index contributed by atoms with van der Waals surface area (Å²) in [6, 6.07) is 6.93. The van der Waals surface area contributed by atoms with E-state index in [-0.39, 0.29) is 24.4 Å². The Labute approximate surface area is 108 Å². The number of anilines is 1. The highest BCUT2D eigenvalue weighted by molar-refractivity contribution is 5.98. The van der Waals surface area contributed by atoms with Crippen LogP contribution in [0.3, 0.4) is 0 Å². The van der Waals surface area contributed by atoms with E-state index in [1.54, 1.807) is 24.3 Å². The number of nitrogen functional groups attached to an aromatic ring is 1. The largest absolute Gasteiger partial charge is 0.398 e. The van der Waals surface area contributed by atoms with Crippen LogP contribution in [0, 0.1) is 0 Å². The van der Waals surface area contributed by atoms with Crippen molar-refractivity contribution in [2.24, 2.45) is 0 Å². The summed E-state index contributed by atoms with van der Waals surface area (Å²) < 4.78 is 0. The Bertz CT molecular complexity index is 358. The number of halogens is 1. The van der Waals surface area contributed by atoms with E-state index in [1.165, 1.54) is 0 Å². The molecule has 0 fully saturated rings. The number of carbonyl (C=O) groups excluding carboxylic acids is 1. The van der Waals surface area contributed by atoms with Crippen LogP contribution >= 0.6 is 12.4 Å². The van der Waals surface area contributed by atoms with E-state index >= 15 is 0 Å². The molecule has 1 unspecified atom stereocenters. The number of benzene rings is 1. The smallest absolute Gasteiger partial charge is 0.253 e. The number of carbonyl (C=O) groups is 1. The molecule has 17 heavy (non-hydrogen) atoms. The fourth-order valence-corrected chi connectivity index (χ4v) is 1.36. The molecule has 1 amide bonds. The van der Waals surface area contributed by atoms with Crippen molar-refractivity contribution in [2.75, 3.05) is 12.3 Å². The van der Waals surface area contributed by atoms with E-state index in [2.05, 4.69) is 5.32 Å². The number of rotatable bonds is 5. The Hall–Kier alpha value is -1.26. The number of aliphatic hydroxyl groups is 1. The molecule has 0 aliphatic rings. The van der Waals surface area contributed by atoms with Crippen molar-refractivity contribution in [1.29, 1.82) is 0 Å². The summed E-state index contributed by atoms with van der Waals surface area (Å²) in [5.74, 6) is -0.193. The molecular formula is C12H19ClN2O2. The number of nitrogens with one attached hydrogen (secondary N) is 1. The zero-order valence-electron chi connectivity index (χ0n) is 9.85. The van der Waals surface area contributed by atoms with Crippen molar-refractivity contribution >= 4 is 24.0 Å². The van der Waals surface area contributed by atoms with Crippen LogP contribution < -0.4 is 11.1 Å². The van der Waals surface area contributed by atoms with Gasteiger partial charge in [-0.05, 0) is 25.0 Å². The molecule has 4 N–H and O–H groups in total. The van der Waals surface area contributed by atoms with Gasteiger partial charge in [0, 0.05) is 12.2 Å². The van der Waals surface area contributed by atoms with Crippen molar-refractivity contribution < 1.29 is 9.90 Å². The third-order valence-electron chi connectivity index (χ3n) is 2.44. The summed E-state index contributed by atoms with van der Waals surface area (Å²) in [6.07, 6.45) is 0.909. The lowest BCUT2D eigenvalue weighted by molar-refractivity contribution is 0.0943. The first-order valence-electron chi connectivity index (χ1n) is 5.46. The number of aliphatic hydroxyl groups excluding tert-OH is 1. The monoisotopic (exact) mass is 258 g/mol. The average molecular weight is 259 g/mol. The molecule has 0 aliphatic carbocycles. The number of amides is 1. The van der Waals surface area contributed by atoms with E-state index < -0.39 is 0 Å². The fourth-order valence-electron chi connectivity index (χ4n) is 1.36. The lowest BCUT2D eigenvalue weighted by Gasteiger charge is -2.09. The highest BCUT2D eigenvalue weighted by atomic mass is 35.5. The number of para-hydroxylation sites is 1. The second-order valence-electron chi connectivity index (χ2n) is 3.69. The molecule has 1 rings (SSSR count). The lowest BCUT2D eigenvalue weighted by atomic mass is 10.1. The Morgan fingerprint density at radius 1 is 1.47 bits per heavy atom. The van der Waals surface area contributed by atoms with Gasteiger partial charge in [0.2, 0.25) is 0 Å². The molecule has 96 valence electrons. The third kappa shape index (κ3) is 5.06. The van der Waals surface area contributed by atoms with Crippen LogP contribution in [-0.2, 0) is 0 Å². The molecule has 5 heteroatoms. The standard InChI is InChI=1S/C12H18N2O2.ClH/c1-2-9(15)7-8-14-12(16)10-5-3-4-6-11(10)13;/h3-6,9,15H,2,7-8,13H2,1H3,(H,14,16);1H. The van der Waals surface area contributed by atoms with Crippen LogP contribution in [0.1, 0.15) is 30.1 Å². The van der Waals surface area contributed by atoms with Gasteiger partial charge in [-0.25, -0.2) is 0 Å². The topological polar surface area (TPSA) is 75.3 Å². The minimum Gasteiger partial charge on any atom is -0.398 e. The normalized spacial score (nSPS) is 11.4. The van der Waals surface area contributed by atoms with E-state index in [1.807, 2.05) is 6.92 Å². The molecule has 0 saturated heterocycles. The Morgan fingerprint density at radius 2 is 2.12 bits per heavy atom. The fraction of sp³-hybridized carbons (Fsp3) is 0.417. The highest BCUT2D eigenvalue weighted by Crippen LogP contribution is 2.09. The molecule has 0 aliphatic heterocycles. The Kier molecular flexibility index (Phi) is 7.34. The zero-order chi connectivity index (χ0) is 12.0. The Balaban J connectivity index is 0.00000256. The van der Waals surface area contributed by atoms with Gasteiger partial charge < -0.3 is 16.2 Å². The zero-order valence-corrected chi connectivity index (χ0v) is 10.7. The number of hydrogen-bond donors (Lipinski definition) is 3. The molecule has 0 spiro atoms. The van der Waals surface area contributed by atoms with Gasteiger partial charge in [0.1, 0.15) is 0 Å². The van der Waals surface area contributed by atoms with Crippen LogP contribution in [0.25, 0.3) is 0 Å². The van der Waals surface area contributed by atoms with Gasteiger partial charge in [-0.1, -0.05) is 19.1 Å².